The number of hydrazone groups is 1. The molecule has 1 aromatic rings. The molecule has 2 heterocycles. The first-order valence-electron chi connectivity index (χ1n) is 6.74. The Kier molecular flexibility index (Phi) is 3.93. The van der Waals surface area contributed by atoms with E-state index in [4.69, 9.17) is 0 Å². The van der Waals surface area contributed by atoms with Gasteiger partial charge >= 0.3 is 0 Å². The minimum absolute atomic E-state index is 0.00375. The van der Waals surface area contributed by atoms with Crippen molar-refractivity contribution in [1.29, 1.82) is 0 Å². The van der Waals surface area contributed by atoms with Gasteiger partial charge in [-0.15, -0.1) is 0 Å². The van der Waals surface area contributed by atoms with E-state index in [0.717, 1.165) is 36.4 Å². The number of hydrogen-bond acceptors (Lipinski definition) is 4. The van der Waals surface area contributed by atoms with Crippen molar-refractivity contribution in [3.8, 4) is 0 Å². The van der Waals surface area contributed by atoms with E-state index in [1.807, 2.05) is 26.8 Å². The number of aromatic nitrogens is 2. The molecule has 0 spiro atoms. The van der Waals surface area contributed by atoms with Gasteiger partial charge in [-0.1, -0.05) is 19.8 Å². The maximum atomic E-state index is 12.4. The van der Waals surface area contributed by atoms with Crippen LogP contribution in [-0.2, 0) is 4.79 Å². The molecule has 0 bridgehead atoms. The summed E-state index contributed by atoms with van der Waals surface area (Å²) in [5.41, 5.74) is 2.56. The van der Waals surface area contributed by atoms with Gasteiger partial charge in [-0.05, 0) is 33.3 Å². The molecule has 5 nitrogen and oxygen atoms in total. The molecule has 0 radical (unpaired) electrons. The quantitative estimate of drug-likeness (QED) is 0.836. The Morgan fingerprint density at radius 3 is 2.42 bits per heavy atom. The zero-order valence-corrected chi connectivity index (χ0v) is 12.0. The topological polar surface area (TPSA) is 58.5 Å². The average Bonchev–Trinajstić information content (AvgIpc) is 2.61. The minimum atomic E-state index is -0.107. The van der Waals surface area contributed by atoms with E-state index in [0.29, 0.717) is 5.95 Å². The Balaban J connectivity index is 2.25. The van der Waals surface area contributed by atoms with Crippen molar-refractivity contribution in [3.05, 3.63) is 17.5 Å². The summed E-state index contributed by atoms with van der Waals surface area (Å²) in [5, 5.41) is 5.69. The number of nitrogens with zero attached hydrogens (tertiary/aromatic N) is 4. The molecule has 1 aliphatic heterocycles. The third kappa shape index (κ3) is 2.80. The van der Waals surface area contributed by atoms with Crippen LogP contribution in [0.3, 0.4) is 0 Å². The molecule has 0 saturated heterocycles. The fourth-order valence-corrected chi connectivity index (χ4v) is 2.29. The molecule has 1 atom stereocenters. The van der Waals surface area contributed by atoms with Gasteiger partial charge in [0.2, 0.25) is 0 Å². The number of amides is 1. The van der Waals surface area contributed by atoms with Crippen LogP contribution in [-0.4, -0.2) is 21.6 Å². The molecular formula is C14H20N4O. The van der Waals surface area contributed by atoms with E-state index in [9.17, 15) is 4.79 Å². The van der Waals surface area contributed by atoms with Crippen molar-refractivity contribution in [2.24, 2.45) is 11.0 Å². The first kappa shape index (κ1) is 13.6. The van der Waals surface area contributed by atoms with Crippen molar-refractivity contribution in [1.82, 2.24) is 9.97 Å². The van der Waals surface area contributed by atoms with Gasteiger partial charge < -0.3 is 0 Å². The van der Waals surface area contributed by atoms with E-state index in [-0.39, 0.29) is 11.8 Å². The fraction of sp³-hybridized carbons (Fsp3) is 0.571. The molecule has 0 unspecified atom stereocenters. The maximum Gasteiger partial charge on any atom is 0.258 e. The number of aryl methyl sites for hydroxylation is 2. The third-order valence-electron chi connectivity index (χ3n) is 3.28. The zero-order valence-electron chi connectivity index (χ0n) is 12.0. The summed E-state index contributed by atoms with van der Waals surface area (Å²) in [6.45, 7) is 7.81. The lowest BCUT2D eigenvalue weighted by molar-refractivity contribution is -0.120. The van der Waals surface area contributed by atoms with Crippen LogP contribution in [0.1, 0.15) is 44.5 Å². The Bertz CT molecular complexity index is 504. The molecule has 1 aliphatic rings. The largest absolute Gasteiger partial charge is 0.272 e. The Morgan fingerprint density at radius 1 is 1.21 bits per heavy atom. The second-order valence-electron chi connectivity index (χ2n) is 5.04. The summed E-state index contributed by atoms with van der Waals surface area (Å²) in [4.78, 5) is 21.0. The number of carbonyl (C=O) groups excluding carboxylic acids is 1. The molecule has 1 amide bonds. The molecule has 0 fully saturated rings. The number of rotatable bonds is 4. The smallest absolute Gasteiger partial charge is 0.258 e. The second kappa shape index (κ2) is 5.47. The van der Waals surface area contributed by atoms with E-state index < -0.39 is 0 Å². The lowest BCUT2D eigenvalue weighted by Crippen LogP contribution is -2.28. The Morgan fingerprint density at radius 2 is 1.84 bits per heavy atom. The van der Waals surface area contributed by atoms with Gasteiger partial charge in [-0.25, -0.2) is 9.97 Å². The zero-order chi connectivity index (χ0) is 14.0. The lowest BCUT2D eigenvalue weighted by atomic mass is 9.98. The molecule has 0 aromatic carbocycles. The van der Waals surface area contributed by atoms with Crippen molar-refractivity contribution < 1.29 is 4.79 Å². The first-order chi connectivity index (χ1) is 9.02. The van der Waals surface area contributed by atoms with E-state index >= 15 is 0 Å². The third-order valence-corrected chi connectivity index (χ3v) is 3.28. The van der Waals surface area contributed by atoms with Crippen molar-refractivity contribution in [2.75, 3.05) is 5.01 Å². The van der Waals surface area contributed by atoms with Gasteiger partial charge in [0.05, 0.1) is 5.92 Å². The molecule has 19 heavy (non-hydrogen) atoms. The molecule has 0 aliphatic carbocycles. The van der Waals surface area contributed by atoms with E-state index in [1.54, 1.807) is 0 Å². The molecular weight excluding hydrogens is 240 g/mol. The van der Waals surface area contributed by atoms with Crippen molar-refractivity contribution in [3.63, 3.8) is 0 Å². The number of unbranched alkanes of at least 4 members (excludes halogenated alkanes) is 1. The summed E-state index contributed by atoms with van der Waals surface area (Å²) in [6, 6.07) is 1.88. The highest BCUT2D eigenvalue weighted by Crippen LogP contribution is 2.24. The van der Waals surface area contributed by atoms with E-state index in [1.165, 1.54) is 5.01 Å². The Hall–Kier alpha value is -1.78. The molecule has 0 saturated carbocycles. The normalized spacial score (nSPS) is 18.9. The summed E-state index contributed by atoms with van der Waals surface area (Å²) >= 11 is 0. The molecule has 5 heteroatoms. The van der Waals surface area contributed by atoms with Crippen molar-refractivity contribution >= 4 is 17.6 Å². The van der Waals surface area contributed by atoms with Gasteiger partial charge in [0.1, 0.15) is 0 Å². The lowest BCUT2D eigenvalue weighted by Gasteiger charge is -2.13. The number of hydrogen-bond donors (Lipinski definition) is 0. The molecule has 102 valence electrons. The molecule has 2 rings (SSSR count). The minimum Gasteiger partial charge on any atom is -0.272 e. The van der Waals surface area contributed by atoms with Crippen LogP contribution in [0.2, 0.25) is 0 Å². The second-order valence-corrected chi connectivity index (χ2v) is 5.04. The SMILES string of the molecule is CCCC[C@@H]1C(=O)N(c2nc(C)cc(C)n2)N=C1C. The van der Waals surface area contributed by atoms with E-state index in [2.05, 4.69) is 22.0 Å². The first-order valence-corrected chi connectivity index (χ1v) is 6.74. The predicted octanol–water partition coefficient (Wildman–Crippen LogP) is 2.62. The van der Waals surface area contributed by atoms with Gasteiger partial charge in [0.15, 0.2) is 0 Å². The van der Waals surface area contributed by atoms with Crippen LogP contribution >= 0.6 is 0 Å². The van der Waals surface area contributed by atoms with Crippen LogP contribution in [0.15, 0.2) is 11.2 Å². The predicted molar refractivity (Wildman–Crippen MR) is 75.1 cm³/mol. The van der Waals surface area contributed by atoms with Crippen LogP contribution < -0.4 is 5.01 Å². The highest BCUT2D eigenvalue weighted by atomic mass is 16.2. The van der Waals surface area contributed by atoms with Gasteiger partial charge in [-0.3, -0.25) is 4.79 Å². The fourth-order valence-electron chi connectivity index (χ4n) is 2.29. The van der Waals surface area contributed by atoms with Crippen LogP contribution in [0.5, 0.6) is 0 Å². The van der Waals surface area contributed by atoms with Crippen LogP contribution in [0, 0.1) is 19.8 Å². The Labute approximate surface area is 113 Å². The maximum absolute atomic E-state index is 12.4. The molecule has 0 N–H and O–H groups in total. The number of anilines is 1. The summed E-state index contributed by atoms with van der Waals surface area (Å²) in [7, 11) is 0. The highest BCUT2D eigenvalue weighted by molar-refractivity contribution is 6.14. The average molecular weight is 260 g/mol. The van der Waals surface area contributed by atoms with Gasteiger partial charge in [-0.2, -0.15) is 10.1 Å². The van der Waals surface area contributed by atoms with Gasteiger partial charge in [0.25, 0.3) is 11.9 Å². The van der Waals surface area contributed by atoms with Crippen LogP contribution in [0.25, 0.3) is 0 Å². The van der Waals surface area contributed by atoms with Crippen LogP contribution in [0.4, 0.5) is 5.95 Å². The number of carbonyl (C=O) groups is 1. The molecule has 1 aromatic heterocycles. The standard InChI is InChI=1S/C14H20N4O/c1-5-6-7-12-11(4)17-18(13(12)19)14-15-9(2)8-10(3)16-14/h8,12H,5-7H2,1-4H3/t12-/m0/s1. The monoisotopic (exact) mass is 260 g/mol. The highest BCUT2D eigenvalue weighted by Gasteiger charge is 2.35. The summed E-state index contributed by atoms with van der Waals surface area (Å²) in [6.07, 6.45) is 2.97. The van der Waals surface area contributed by atoms with Gasteiger partial charge in [0, 0.05) is 17.1 Å². The van der Waals surface area contributed by atoms with Crippen molar-refractivity contribution in [2.45, 2.75) is 47.0 Å². The summed E-state index contributed by atoms with van der Waals surface area (Å²) < 4.78 is 0. The summed E-state index contributed by atoms with van der Waals surface area (Å²) in [5.74, 6) is 0.279.